The summed E-state index contributed by atoms with van der Waals surface area (Å²) in [6.07, 6.45) is 3.95. The molecule has 3 rings (SSSR count). The summed E-state index contributed by atoms with van der Waals surface area (Å²) in [4.78, 5) is 29.3. The predicted molar refractivity (Wildman–Crippen MR) is 124 cm³/mol. The zero-order valence-electron chi connectivity index (χ0n) is 19.3. The van der Waals surface area contributed by atoms with Gasteiger partial charge in [0.05, 0.1) is 4.90 Å². The minimum absolute atomic E-state index is 0.119. The van der Waals surface area contributed by atoms with Gasteiger partial charge in [-0.2, -0.15) is 4.31 Å². The first kappa shape index (κ1) is 24.3. The van der Waals surface area contributed by atoms with Crippen molar-refractivity contribution >= 4 is 26.9 Å². The second-order valence-electron chi connectivity index (χ2n) is 9.22. The number of amides is 1. The maximum absolute atomic E-state index is 13.8. The number of sulfonamides is 1. The number of aromatic nitrogens is 1. The summed E-state index contributed by atoms with van der Waals surface area (Å²) in [6.45, 7) is 8.51. The lowest BCUT2D eigenvalue weighted by Crippen LogP contribution is -2.46. The highest BCUT2D eigenvalue weighted by Crippen LogP contribution is 2.28. The molecule has 0 saturated carbocycles. The van der Waals surface area contributed by atoms with Gasteiger partial charge in [0.15, 0.2) is 0 Å². The smallest absolute Gasteiger partial charge is 0.410 e. The van der Waals surface area contributed by atoms with Gasteiger partial charge in [-0.1, -0.05) is 25.8 Å². The molecule has 176 valence electrons. The SMILES string of the molecule is CCCCC1CN(C(=O)OC(C)(C)C)CCCN1S(=O)(=O)c1cccc2c(=O)[nH]ccc12. The molecule has 1 atom stereocenters. The van der Waals surface area contributed by atoms with Crippen LogP contribution >= 0.6 is 0 Å². The van der Waals surface area contributed by atoms with Gasteiger partial charge in [-0.3, -0.25) is 4.79 Å². The topological polar surface area (TPSA) is 99.8 Å². The average molecular weight is 464 g/mol. The maximum atomic E-state index is 13.8. The van der Waals surface area contributed by atoms with Crippen LogP contribution in [0.2, 0.25) is 0 Å². The standard InChI is InChI=1S/C23H33N3O5S/c1-5-6-9-17-16-25(22(28)31-23(2,3)4)14-8-15-26(17)32(29,30)20-11-7-10-19-18(20)12-13-24-21(19)27/h7,10-13,17H,5-6,8-9,14-16H2,1-4H3,(H,24,27). The lowest BCUT2D eigenvalue weighted by Gasteiger charge is -2.32. The Morgan fingerprint density at radius 1 is 1.19 bits per heavy atom. The van der Waals surface area contributed by atoms with Crippen LogP contribution in [0.3, 0.4) is 0 Å². The molecule has 1 unspecified atom stereocenters. The maximum Gasteiger partial charge on any atom is 0.410 e. The molecule has 2 aromatic rings. The number of pyridine rings is 1. The molecule has 9 heteroatoms. The molecule has 0 bridgehead atoms. The van der Waals surface area contributed by atoms with E-state index in [-0.39, 0.29) is 23.0 Å². The van der Waals surface area contributed by atoms with E-state index in [1.165, 1.54) is 10.5 Å². The molecule has 0 radical (unpaired) electrons. The van der Waals surface area contributed by atoms with Crippen LogP contribution in [0.15, 0.2) is 40.2 Å². The Bertz CT molecular complexity index is 1120. The number of benzene rings is 1. The molecular weight excluding hydrogens is 430 g/mol. The van der Waals surface area contributed by atoms with Crippen molar-refractivity contribution in [1.29, 1.82) is 0 Å². The number of ether oxygens (including phenoxy) is 1. The van der Waals surface area contributed by atoms with Crippen molar-refractivity contribution in [3.63, 3.8) is 0 Å². The molecule has 8 nitrogen and oxygen atoms in total. The van der Waals surface area contributed by atoms with E-state index in [0.29, 0.717) is 36.7 Å². The number of carbonyl (C=O) groups is 1. The summed E-state index contributed by atoms with van der Waals surface area (Å²) < 4.78 is 34.7. The highest BCUT2D eigenvalue weighted by molar-refractivity contribution is 7.89. The van der Waals surface area contributed by atoms with Crippen LogP contribution in [0.4, 0.5) is 4.79 Å². The van der Waals surface area contributed by atoms with Crippen LogP contribution in [0, 0.1) is 0 Å². The highest BCUT2D eigenvalue weighted by Gasteiger charge is 2.37. The lowest BCUT2D eigenvalue weighted by atomic mass is 10.1. The summed E-state index contributed by atoms with van der Waals surface area (Å²) in [5.41, 5.74) is -0.946. The Hall–Kier alpha value is -2.39. The van der Waals surface area contributed by atoms with E-state index in [1.807, 2.05) is 20.8 Å². The number of H-pyrrole nitrogens is 1. The fourth-order valence-electron chi connectivity index (χ4n) is 4.06. The van der Waals surface area contributed by atoms with Crippen LogP contribution < -0.4 is 5.56 Å². The minimum atomic E-state index is -3.89. The van der Waals surface area contributed by atoms with Gasteiger partial charge in [0, 0.05) is 42.6 Å². The number of hydrogen-bond acceptors (Lipinski definition) is 5. The fourth-order valence-corrected chi connectivity index (χ4v) is 5.96. The fraction of sp³-hybridized carbons (Fsp3) is 0.565. The van der Waals surface area contributed by atoms with Crippen LogP contribution in [0.1, 0.15) is 53.4 Å². The van der Waals surface area contributed by atoms with Gasteiger partial charge >= 0.3 is 6.09 Å². The van der Waals surface area contributed by atoms with Crippen LogP contribution in [0.5, 0.6) is 0 Å². The molecule has 1 N–H and O–H groups in total. The third-order valence-electron chi connectivity index (χ3n) is 5.55. The molecule has 1 aromatic heterocycles. The van der Waals surface area contributed by atoms with E-state index < -0.39 is 21.7 Å². The van der Waals surface area contributed by atoms with Gasteiger partial charge in [0.2, 0.25) is 10.0 Å². The number of unbranched alkanes of at least 4 members (excludes halogenated alkanes) is 1. The van der Waals surface area contributed by atoms with E-state index in [4.69, 9.17) is 4.74 Å². The lowest BCUT2D eigenvalue weighted by molar-refractivity contribution is 0.0238. The van der Waals surface area contributed by atoms with E-state index in [0.717, 1.165) is 12.8 Å². The zero-order chi connectivity index (χ0) is 23.5. The second kappa shape index (κ2) is 9.62. The van der Waals surface area contributed by atoms with Crippen molar-refractivity contribution in [2.75, 3.05) is 19.6 Å². The molecular formula is C23H33N3O5S. The number of nitrogens with one attached hydrogen (secondary N) is 1. The van der Waals surface area contributed by atoms with E-state index >= 15 is 0 Å². The van der Waals surface area contributed by atoms with Crippen LogP contribution in [-0.4, -0.2) is 60.0 Å². The Morgan fingerprint density at radius 2 is 1.94 bits per heavy atom. The first-order chi connectivity index (χ1) is 15.0. The van der Waals surface area contributed by atoms with E-state index in [9.17, 15) is 18.0 Å². The monoisotopic (exact) mass is 463 g/mol. The summed E-state index contributed by atoms with van der Waals surface area (Å²) in [6, 6.07) is 6.01. The van der Waals surface area contributed by atoms with Crippen molar-refractivity contribution < 1.29 is 17.9 Å². The number of carbonyl (C=O) groups excluding carboxylic acids is 1. The second-order valence-corrected chi connectivity index (χ2v) is 11.1. The van der Waals surface area contributed by atoms with Gasteiger partial charge in [-0.05, 0) is 51.8 Å². The van der Waals surface area contributed by atoms with Gasteiger partial charge in [-0.15, -0.1) is 0 Å². The first-order valence-electron chi connectivity index (χ1n) is 11.1. The van der Waals surface area contributed by atoms with E-state index in [1.54, 1.807) is 29.2 Å². The third-order valence-corrected chi connectivity index (χ3v) is 7.56. The normalized spacial score (nSPS) is 18.5. The van der Waals surface area contributed by atoms with Crippen molar-refractivity contribution in [3.8, 4) is 0 Å². The molecule has 32 heavy (non-hydrogen) atoms. The average Bonchev–Trinajstić information content (AvgIpc) is 2.94. The number of hydrogen-bond donors (Lipinski definition) is 1. The van der Waals surface area contributed by atoms with E-state index in [2.05, 4.69) is 11.9 Å². The Kier molecular flexibility index (Phi) is 7.29. The highest BCUT2D eigenvalue weighted by atomic mass is 32.2. The summed E-state index contributed by atoms with van der Waals surface area (Å²) in [5, 5.41) is 0.739. The number of nitrogens with zero attached hydrogens (tertiary/aromatic N) is 2. The molecule has 0 aliphatic carbocycles. The molecule has 0 spiro atoms. The summed E-state index contributed by atoms with van der Waals surface area (Å²) in [7, 11) is -3.89. The molecule has 1 fully saturated rings. The van der Waals surface area contributed by atoms with Gasteiger partial charge in [-0.25, -0.2) is 13.2 Å². The zero-order valence-corrected chi connectivity index (χ0v) is 20.1. The van der Waals surface area contributed by atoms with Gasteiger partial charge in [0.25, 0.3) is 5.56 Å². The van der Waals surface area contributed by atoms with Crippen molar-refractivity contribution in [3.05, 3.63) is 40.8 Å². The molecule has 1 aliphatic heterocycles. The van der Waals surface area contributed by atoms with Crippen molar-refractivity contribution in [1.82, 2.24) is 14.2 Å². The largest absolute Gasteiger partial charge is 0.444 e. The molecule has 2 heterocycles. The number of fused-ring (bicyclic) bond motifs is 1. The Balaban J connectivity index is 1.98. The van der Waals surface area contributed by atoms with Gasteiger partial charge in [0.1, 0.15) is 5.60 Å². The number of rotatable bonds is 5. The summed E-state index contributed by atoms with van der Waals surface area (Å²) >= 11 is 0. The van der Waals surface area contributed by atoms with Crippen molar-refractivity contribution in [2.45, 2.75) is 69.9 Å². The van der Waals surface area contributed by atoms with Gasteiger partial charge < -0.3 is 14.6 Å². The third kappa shape index (κ3) is 5.32. The quantitative estimate of drug-likeness (QED) is 0.728. The molecule has 1 aromatic carbocycles. The Labute approximate surface area is 189 Å². The van der Waals surface area contributed by atoms with Crippen LogP contribution in [0.25, 0.3) is 10.8 Å². The summed E-state index contributed by atoms with van der Waals surface area (Å²) in [5.74, 6) is 0. The molecule has 1 saturated heterocycles. The predicted octanol–water partition coefficient (Wildman–Crippen LogP) is 3.72. The number of aromatic amines is 1. The van der Waals surface area contributed by atoms with Crippen LogP contribution in [-0.2, 0) is 14.8 Å². The minimum Gasteiger partial charge on any atom is -0.444 e. The Morgan fingerprint density at radius 3 is 2.62 bits per heavy atom. The molecule has 1 amide bonds. The first-order valence-corrected chi connectivity index (χ1v) is 12.6. The molecule has 1 aliphatic rings. The van der Waals surface area contributed by atoms with Crippen molar-refractivity contribution in [2.24, 2.45) is 0 Å².